The van der Waals surface area contributed by atoms with Crippen molar-refractivity contribution in [1.82, 2.24) is 0 Å². The average molecular weight is 274 g/mol. The van der Waals surface area contributed by atoms with E-state index in [2.05, 4.69) is 30.3 Å². The van der Waals surface area contributed by atoms with Gasteiger partial charge in [0.2, 0.25) is 0 Å². The van der Waals surface area contributed by atoms with Gasteiger partial charge in [-0.05, 0) is 37.2 Å². The summed E-state index contributed by atoms with van der Waals surface area (Å²) in [6.07, 6.45) is 8.02. The second kappa shape index (κ2) is 8.08. The van der Waals surface area contributed by atoms with Crippen LogP contribution >= 0.6 is 0 Å². The van der Waals surface area contributed by atoms with Crippen LogP contribution in [-0.4, -0.2) is 12.6 Å². The number of carbonyl (C=O) groups is 1. The third-order valence-corrected chi connectivity index (χ3v) is 4.45. The first-order chi connectivity index (χ1) is 9.79. The van der Waals surface area contributed by atoms with Gasteiger partial charge in [0.25, 0.3) is 0 Å². The first-order valence-electron chi connectivity index (χ1n) is 7.99. The molecule has 1 aromatic rings. The molecule has 1 aliphatic rings. The number of hydrogen-bond donors (Lipinski definition) is 0. The van der Waals surface area contributed by atoms with Crippen LogP contribution in [0.15, 0.2) is 30.3 Å². The number of ether oxygens (including phenoxy) is 1. The Morgan fingerprint density at radius 3 is 2.60 bits per heavy atom. The fourth-order valence-corrected chi connectivity index (χ4v) is 3.36. The lowest BCUT2D eigenvalue weighted by molar-refractivity contribution is -0.144. The summed E-state index contributed by atoms with van der Waals surface area (Å²) < 4.78 is 5.15. The van der Waals surface area contributed by atoms with E-state index in [-0.39, 0.29) is 5.97 Å². The van der Waals surface area contributed by atoms with Gasteiger partial charge in [-0.2, -0.15) is 0 Å². The van der Waals surface area contributed by atoms with E-state index in [9.17, 15) is 4.79 Å². The molecule has 1 aromatic carbocycles. The van der Waals surface area contributed by atoms with Crippen LogP contribution in [0.5, 0.6) is 0 Å². The third kappa shape index (κ3) is 4.66. The van der Waals surface area contributed by atoms with Crippen LogP contribution < -0.4 is 0 Å². The van der Waals surface area contributed by atoms with Gasteiger partial charge >= 0.3 is 5.97 Å². The van der Waals surface area contributed by atoms with Gasteiger partial charge in [-0.3, -0.25) is 4.79 Å². The Morgan fingerprint density at radius 2 is 1.95 bits per heavy atom. The highest BCUT2D eigenvalue weighted by atomic mass is 16.5. The van der Waals surface area contributed by atoms with Crippen LogP contribution in [0, 0.1) is 11.8 Å². The molecule has 0 spiro atoms. The Bertz CT molecular complexity index is 393. The van der Waals surface area contributed by atoms with Crippen molar-refractivity contribution in [1.29, 1.82) is 0 Å². The van der Waals surface area contributed by atoms with Crippen molar-refractivity contribution in [3.63, 3.8) is 0 Å². The Hall–Kier alpha value is -1.31. The molecule has 0 saturated heterocycles. The predicted octanol–water partition coefficient (Wildman–Crippen LogP) is 4.38. The zero-order valence-corrected chi connectivity index (χ0v) is 12.5. The quantitative estimate of drug-likeness (QED) is 0.690. The number of aryl methyl sites for hydroxylation is 1. The lowest BCUT2D eigenvalue weighted by Gasteiger charge is -2.22. The van der Waals surface area contributed by atoms with Crippen LogP contribution in [0.1, 0.15) is 51.0 Å². The maximum Gasteiger partial charge on any atom is 0.306 e. The van der Waals surface area contributed by atoms with Gasteiger partial charge < -0.3 is 4.74 Å². The molecule has 1 saturated carbocycles. The summed E-state index contributed by atoms with van der Waals surface area (Å²) in [6, 6.07) is 10.6. The van der Waals surface area contributed by atoms with Crippen molar-refractivity contribution >= 4 is 5.97 Å². The van der Waals surface area contributed by atoms with E-state index in [1.165, 1.54) is 31.2 Å². The third-order valence-electron chi connectivity index (χ3n) is 4.45. The SMILES string of the molecule is CCOC(=O)CC(CCc1ccccc1)C1CCCC1. The smallest absolute Gasteiger partial charge is 0.306 e. The van der Waals surface area contributed by atoms with Crippen LogP contribution in [0.4, 0.5) is 0 Å². The first-order valence-corrected chi connectivity index (χ1v) is 7.99. The van der Waals surface area contributed by atoms with Gasteiger partial charge in [0.05, 0.1) is 6.61 Å². The molecule has 2 nitrogen and oxygen atoms in total. The second-order valence-electron chi connectivity index (χ2n) is 5.84. The van der Waals surface area contributed by atoms with E-state index in [1.54, 1.807) is 0 Å². The molecule has 0 bridgehead atoms. The van der Waals surface area contributed by atoms with Gasteiger partial charge in [-0.25, -0.2) is 0 Å². The largest absolute Gasteiger partial charge is 0.466 e. The van der Waals surface area contributed by atoms with Crippen LogP contribution in [0.2, 0.25) is 0 Å². The highest BCUT2D eigenvalue weighted by Crippen LogP contribution is 2.35. The Labute approximate surface area is 122 Å². The molecule has 20 heavy (non-hydrogen) atoms. The van der Waals surface area contributed by atoms with Gasteiger partial charge in [-0.15, -0.1) is 0 Å². The summed E-state index contributed by atoms with van der Waals surface area (Å²) in [5.41, 5.74) is 1.37. The summed E-state index contributed by atoms with van der Waals surface area (Å²) in [6.45, 7) is 2.38. The molecule has 1 atom stereocenters. The van der Waals surface area contributed by atoms with Crippen LogP contribution in [-0.2, 0) is 16.0 Å². The summed E-state index contributed by atoms with van der Waals surface area (Å²) in [7, 11) is 0. The normalized spacial score (nSPS) is 17.1. The van der Waals surface area contributed by atoms with Crippen molar-refractivity contribution in [3.8, 4) is 0 Å². The maximum absolute atomic E-state index is 11.8. The zero-order chi connectivity index (χ0) is 14.2. The highest BCUT2D eigenvalue weighted by Gasteiger charge is 2.27. The summed E-state index contributed by atoms with van der Waals surface area (Å²) >= 11 is 0. The number of benzene rings is 1. The minimum absolute atomic E-state index is 0.0162. The first kappa shape index (κ1) is 15.1. The zero-order valence-electron chi connectivity index (χ0n) is 12.5. The minimum Gasteiger partial charge on any atom is -0.466 e. The lowest BCUT2D eigenvalue weighted by atomic mass is 9.83. The molecule has 2 rings (SSSR count). The Morgan fingerprint density at radius 1 is 1.25 bits per heavy atom. The van der Waals surface area contributed by atoms with E-state index in [1.807, 2.05) is 6.92 Å². The lowest BCUT2D eigenvalue weighted by Crippen LogP contribution is -2.19. The molecule has 0 aliphatic heterocycles. The van der Waals surface area contributed by atoms with E-state index in [4.69, 9.17) is 4.74 Å². The fourth-order valence-electron chi connectivity index (χ4n) is 3.36. The molecule has 0 radical (unpaired) electrons. The maximum atomic E-state index is 11.8. The van der Waals surface area contributed by atoms with E-state index in [0.29, 0.717) is 18.9 Å². The van der Waals surface area contributed by atoms with Gasteiger partial charge in [-0.1, -0.05) is 56.0 Å². The van der Waals surface area contributed by atoms with Crippen molar-refractivity contribution in [2.45, 2.75) is 51.9 Å². The highest BCUT2D eigenvalue weighted by molar-refractivity contribution is 5.69. The number of esters is 1. The van der Waals surface area contributed by atoms with E-state index >= 15 is 0 Å². The van der Waals surface area contributed by atoms with E-state index < -0.39 is 0 Å². The van der Waals surface area contributed by atoms with Crippen molar-refractivity contribution in [2.75, 3.05) is 6.61 Å². The Kier molecular flexibility index (Phi) is 6.10. The molecule has 1 fully saturated rings. The second-order valence-corrected chi connectivity index (χ2v) is 5.84. The topological polar surface area (TPSA) is 26.3 Å². The standard InChI is InChI=1S/C18H26O2/c1-2-20-18(19)14-17(16-10-6-7-11-16)13-12-15-8-4-3-5-9-15/h3-5,8-9,16-17H,2,6-7,10-14H2,1H3. The number of rotatable bonds is 7. The molecular weight excluding hydrogens is 248 g/mol. The molecule has 0 heterocycles. The summed E-state index contributed by atoms with van der Waals surface area (Å²) in [5.74, 6) is 1.21. The average Bonchev–Trinajstić information content (AvgIpc) is 2.99. The molecule has 0 aromatic heterocycles. The minimum atomic E-state index is -0.0162. The molecule has 110 valence electrons. The Balaban J connectivity index is 1.89. The van der Waals surface area contributed by atoms with Gasteiger partial charge in [0.15, 0.2) is 0 Å². The summed E-state index contributed by atoms with van der Waals surface area (Å²) in [5, 5.41) is 0. The van der Waals surface area contributed by atoms with Crippen LogP contribution in [0.25, 0.3) is 0 Å². The van der Waals surface area contributed by atoms with Crippen molar-refractivity contribution in [2.24, 2.45) is 11.8 Å². The molecule has 1 aliphatic carbocycles. The molecular formula is C18H26O2. The van der Waals surface area contributed by atoms with Crippen molar-refractivity contribution in [3.05, 3.63) is 35.9 Å². The predicted molar refractivity (Wildman–Crippen MR) is 81.5 cm³/mol. The summed E-state index contributed by atoms with van der Waals surface area (Å²) in [4.78, 5) is 11.8. The number of carbonyl (C=O) groups excluding carboxylic acids is 1. The molecule has 2 heteroatoms. The molecule has 0 N–H and O–H groups in total. The van der Waals surface area contributed by atoms with Crippen molar-refractivity contribution < 1.29 is 9.53 Å². The fraction of sp³-hybridized carbons (Fsp3) is 0.611. The molecule has 1 unspecified atom stereocenters. The van der Waals surface area contributed by atoms with E-state index in [0.717, 1.165) is 18.8 Å². The van der Waals surface area contributed by atoms with Crippen LogP contribution in [0.3, 0.4) is 0 Å². The molecule has 0 amide bonds. The number of hydrogen-bond acceptors (Lipinski definition) is 2. The van der Waals surface area contributed by atoms with Gasteiger partial charge in [0, 0.05) is 6.42 Å². The monoisotopic (exact) mass is 274 g/mol. The van der Waals surface area contributed by atoms with Gasteiger partial charge in [0.1, 0.15) is 0 Å².